The maximum Gasteiger partial charge on any atom is 0.147 e. The van der Waals surface area contributed by atoms with E-state index in [9.17, 15) is 0 Å². The van der Waals surface area contributed by atoms with Crippen LogP contribution < -0.4 is 0 Å². The van der Waals surface area contributed by atoms with Gasteiger partial charge in [-0.25, -0.2) is 9.97 Å². The second-order valence-electron chi connectivity index (χ2n) is 2.96. The van der Waals surface area contributed by atoms with Crippen LogP contribution in [0, 0.1) is 0 Å². The van der Waals surface area contributed by atoms with Crippen LogP contribution in [0.3, 0.4) is 0 Å². The fourth-order valence-electron chi connectivity index (χ4n) is 1.06. The third kappa shape index (κ3) is 3.26. The molecule has 0 aliphatic rings. The van der Waals surface area contributed by atoms with Gasteiger partial charge >= 0.3 is 0 Å². The molecule has 0 saturated carbocycles. The quantitative estimate of drug-likeness (QED) is 0.667. The zero-order chi connectivity index (χ0) is 12.4. The Bertz CT molecular complexity index is 565. The molecule has 0 amide bonds. The molecule has 0 N–H and O–H groups in total. The molecule has 0 bridgehead atoms. The van der Waals surface area contributed by atoms with Crippen molar-refractivity contribution in [1.29, 1.82) is 0 Å². The van der Waals surface area contributed by atoms with Crippen molar-refractivity contribution in [2.24, 2.45) is 0 Å². The molecule has 2 nitrogen and oxygen atoms in total. The normalized spacial score (nSPS) is 10.6. The largest absolute Gasteiger partial charge is 0.228 e. The first-order valence-electron chi connectivity index (χ1n) is 4.37. The summed E-state index contributed by atoms with van der Waals surface area (Å²) in [5, 5.41) is 2.28. The van der Waals surface area contributed by atoms with Crippen LogP contribution >= 0.6 is 62.5 Å². The van der Waals surface area contributed by atoms with Crippen LogP contribution in [0.15, 0.2) is 38.9 Å². The number of aromatic nitrogens is 2. The second-order valence-corrected chi connectivity index (χ2v) is 5.99. The van der Waals surface area contributed by atoms with Gasteiger partial charge in [0.2, 0.25) is 0 Å². The van der Waals surface area contributed by atoms with Gasteiger partial charge in [0.15, 0.2) is 0 Å². The monoisotopic (exact) mass is 368 g/mol. The Morgan fingerprint density at radius 2 is 1.88 bits per heavy atom. The Morgan fingerprint density at radius 3 is 2.65 bits per heavy atom. The highest BCUT2D eigenvalue weighted by atomic mass is 79.9. The Kier molecular flexibility index (Phi) is 4.55. The molecule has 0 unspecified atom stereocenters. The Morgan fingerprint density at radius 1 is 1.12 bits per heavy atom. The fourth-order valence-corrected chi connectivity index (χ4v) is 3.02. The van der Waals surface area contributed by atoms with Crippen molar-refractivity contribution in [3.05, 3.63) is 44.2 Å². The van der Waals surface area contributed by atoms with Crippen molar-refractivity contribution in [3.63, 3.8) is 0 Å². The molecular formula is C10H4BrCl3N2S. The van der Waals surface area contributed by atoms with Gasteiger partial charge in [-0.2, -0.15) is 0 Å². The zero-order valence-electron chi connectivity index (χ0n) is 8.12. The second kappa shape index (κ2) is 5.76. The van der Waals surface area contributed by atoms with Crippen molar-refractivity contribution in [2.75, 3.05) is 0 Å². The predicted octanol–water partition coefficient (Wildman–Crippen LogP) is 5.35. The maximum atomic E-state index is 6.07. The lowest BCUT2D eigenvalue weighted by Gasteiger charge is -2.06. The van der Waals surface area contributed by atoms with Crippen LogP contribution in [-0.4, -0.2) is 9.97 Å². The molecule has 88 valence electrons. The minimum atomic E-state index is 0.362. The smallest absolute Gasteiger partial charge is 0.147 e. The van der Waals surface area contributed by atoms with Crippen molar-refractivity contribution >= 4 is 62.5 Å². The average Bonchev–Trinajstić information content (AvgIpc) is 2.30. The van der Waals surface area contributed by atoms with Crippen molar-refractivity contribution in [1.82, 2.24) is 9.97 Å². The van der Waals surface area contributed by atoms with E-state index in [-0.39, 0.29) is 0 Å². The number of benzene rings is 1. The van der Waals surface area contributed by atoms with Gasteiger partial charge in [0, 0.05) is 9.92 Å². The SMILES string of the molecule is Clc1ccc(Cl)c(Sc2ncnc(Cl)c2Br)c1. The Balaban J connectivity index is 2.38. The molecule has 0 aliphatic carbocycles. The summed E-state index contributed by atoms with van der Waals surface area (Å²) >= 11 is 22.6. The predicted molar refractivity (Wildman–Crippen MR) is 75.3 cm³/mol. The molecule has 1 heterocycles. The summed E-state index contributed by atoms with van der Waals surface area (Å²) in [5.41, 5.74) is 0. The molecule has 0 spiro atoms. The summed E-state index contributed by atoms with van der Waals surface area (Å²) in [5.74, 6) is 0. The number of hydrogen-bond acceptors (Lipinski definition) is 3. The molecule has 1 aromatic carbocycles. The fraction of sp³-hybridized carbons (Fsp3) is 0. The van der Waals surface area contributed by atoms with Gasteiger partial charge in [0.1, 0.15) is 16.5 Å². The van der Waals surface area contributed by atoms with Gasteiger partial charge < -0.3 is 0 Å². The van der Waals surface area contributed by atoms with Crippen LogP contribution in [0.2, 0.25) is 15.2 Å². The van der Waals surface area contributed by atoms with E-state index in [2.05, 4.69) is 25.9 Å². The zero-order valence-corrected chi connectivity index (χ0v) is 12.8. The van der Waals surface area contributed by atoms with E-state index < -0.39 is 0 Å². The molecule has 1 aromatic heterocycles. The van der Waals surface area contributed by atoms with Crippen molar-refractivity contribution in [2.45, 2.75) is 9.92 Å². The summed E-state index contributed by atoms with van der Waals surface area (Å²) in [6.07, 6.45) is 1.40. The number of halogens is 4. The van der Waals surface area contributed by atoms with Crippen LogP contribution in [0.1, 0.15) is 0 Å². The standard InChI is InChI=1S/C10H4BrCl3N2S/c11-8-9(14)15-4-16-10(8)17-7-3-5(12)1-2-6(7)13/h1-4H. The lowest BCUT2D eigenvalue weighted by molar-refractivity contribution is 1.03. The van der Waals surface area contributed by atoms with Gasteiger partial charge in [-0.1, -0.05) is 46.6 Å². The highest BCUT2D eigenvalue weighted by molar-refractivity contribution is 9.10. The Hall–Kier alpha value is -0.000000000000000167. The van der Waals surface area contributed by atoms with E-state index >= 15 is 0 Å². The number of rotatable bonds is 2. The first-order valence-corrected chi connectivity index (χ1v) is 7.11. The third-order valence-corrected chi connectivity index (χ3v) is 5.08. The summed E-state index contributed by atoms with van der Waals surface area (Å²) < 4.78 is 0.641. The molecule has 7 heteroatoms. The van der Waals surface area contributed by atoms with E-state index in [1.165, 1.54) is 18.1 Å². The van der Waals surface area contributed by atoms with Crippen LogP contribution in [0.5, 0.6) is 0 Å². The summed E-state index contributed by atoms with van der Waals surface area (Å²) in [7, 11) is 0. The van der Waals surface area contributed by atoms with E-state index in [1.807, 2.05) is 0 Å². The average molecular weight is 370 g/mol. The van der Waals surface area contributed by atoms with E-state index in [0.717, 1.165) is 4.90 Å². The van der Waals surface area contributed by atoms with Gasteiger partial charge in [-0.05, 0) is 34.1 Å². The molecular weight excluding hydrogens is 366 g/mol. The maximum absolute atomic E-state index is 6.07. The summed E-state index contributed by atoms with van der Waals surface area (Å²) in [6, 6.07) is 5.25. The lowest BCUT2D eigenvalue weighted by Crippen LogP contribution is -1.86. The van der Waals surface area contributed by atoms with Crippen LogP contribution in [0.25, 0.3) is 0 Å². The van der Waals surface area contributed by atoms with Gasteiger partial charge in [0.05, 0.1) is 9.50 Å². The van der Waals surface area contributed by atoms with Crippen LogP contribution in [0.4, 0.5) is 0 Å². The van der Waals surface area contributed by atoms with Crippen LogP contribution in [-0.2, 0) is 0 Å². The highest BCUT2D eigenvalue weighted by Crippen LogP contribution is 2.38. The first kappa shape index (κ1) is 13.4. The van der Waals surface area contributed by atoms with E-state index in [4.69, 9.17) is 34.8 Å². The number of nitrogens with zero attached hydrogens (tertiary/aromatic N) is 2. The molecule has 0 aliphatic heterocycles. The molecule has 0 fully saturated rings. The van der Waals surface area contributed by atoms with Crippen molar-refractivity contribution < 1.29 is 0 Å². The molecule has 17 heavy (non-hydrogen) atoms. The Labute approximate surface area is 126 Å². The third-order valence-electron chi connectivity index (χ3n) is 1.81. The minimum absolute atomic E-state index is 0.362. The molecule has 2 rings (SSSR count). The molecule has 0 radical (unpaired) electrons. The molecule has 2 aromatic rings. The van der Waals surface area contributed by atoms with Gasteiger partial charge in [-0.15, -0.1) is 0 Å². The topological polar surface area (TPSA) is 25.8 Å². The summed E-state index contributed by atoms with van der Waals surface area (Å²) in [6.45, 7) is 0. The van der Waals surface area contributed by atoms with E-state index in [0.29, 0.717) is 24.7 Å². The van der Waals surface area contributed by atoms with Crippen molar-refractivity contribution in [3.8, 4) is 0 Å². The number of hydrogen-bond donors (Lipinski definition) is 0. The lowest BCUT2D eigenvalue weighted by atomic mass is 10.4. The summed E-state index contributed by atoms with van der Waals surface area (Å²) in [4.78, 5) is 8.79. The highest BCUT2D eigenvalue weighted by Gasteiger charge is 2.11. The first-order chi connectivity index (χ1) is 8.08. The molecule has 0 saturated heterocycles. The molecule has 0 atom stereocenters. The minimum Gasteiger partial charge on any atom is -0.228 e. The van der Waals surface area contributed by atoms with E-state index in [1.54, 1.807) is 18.2 Å². The van der Waals surface area contributed by atoms with Gasteiger partial charge in [0.25, 0.3) is 0 Å². The van der Waals surface area contributed by atoms with Gasteiger partial charge in [-0.3, -0.25) is 0 Å².